The lowest BCUT2D eigenvalue weighted by atomic mass is 9.54. The summed E-state index contributed by atoms with van der Waals surface area (Å²) in [5.41, 5.74) is 1.35. The van der Waals surface area contributed by atoms with Gasteiger partial charge in [0, 0.05) is 11.5 Å². The third kappa shape index (κ3) is 4.62. The predicted molar refractivity (Wildman–Crippen MR) is 164 cm³/mol. The van der Waals surface area contributed by atoms with Gasteiger partial charge in [0.1, 0.15) is 33.4 Å². The number of aromatic hydroxyl groups is 1. The number of halogens is 1. The molecule has 3 aliphatic carbocycles. The number of phenols is 1. The van der Waals surface area contributed by atoms with Crippen LogP contribution in [0, 0.1) is 11.8 Å². The molecule has 0 spiro atoms. The van der Waals surface area contributed by atoms with Crippen LogP contribution in [0.4, 0.5) is 5.69 Å². The van der Waals surface area contributed by atoms with Crippen LogP contribution in [0.15, 0.2) is 53.3 Å². The van der Waals surface area contributed by atoms with E-state index in [4.69, 9.17) is 10.5 Å². The first-order valence-electron chi connectivity index (χ1n) is 13.9. The number of alkyl halides is 1. The number of ether oxygens (including phenoxy) is 1. The fourth-order valence-electron chi connectivity index (χ4n) is 6.84. The first-order chi connectivity index (χ1) is 21.1. The zero-order valence-corrected chi connectivity index (χ0v) is 26.2. The number of Topliss-reactive ketones (excluding diaryl/α,β-unsaturated/α-hetero) is 2. The molecule has 2 aromatic rings. The molecule has 7 atom stereocenters. The number of fused-ring (bicyclic) bond motifs is 3. The van der Waals surface area contributed by atoms with Gasteiger partial charge in [-0.1, -0.05) is 41.1 Å². The number of benzene rings is 2. The second-order valence-electron chi connectivity index (χ2n) is 11.6. The summed E-state index contributed by atoms with van der Waals surface area (Å²) in [4.78, 5) is 53.1. The Morgan fingerprint density at radius 1 is 1.09 bits per heavy atom. The number of carbonyl (C=O) groups is 4. The number of nitrogens with zero attached hydrogens (tertiary/aromatic N) is 1. The van der Waals surface area contributed by atoms with Crippen molar-refractivity contribution in [1.82, 2.24) is 4.90 Å². The first kappa shape index (κ1) is 32.2. The normalized spacial score (nSPS) is 28.3. The number of nitrogens with two attached hydrogens (primary N) is 1. The Labute approximate surface area is 265 Å². The molecular formula is C31H32BrN3O10. The Hall–Kier alpha value is -4.24. The van der Waals surface area contributed by atoms with Gasteiger partial charge in [0.25, 0.3) is 5.91 Å². The van der Waals surface area contributed by atoms with Gasteiger partial charge >= 0.3 is 0 Å². The quantitative estimate of drug-likeness (QED) is 0.131. The van der Waals surface area contributed by atoms with Crippen molar-refractivity contribution in [3.8, 4) is 11.5 Å². The standard InChI is InChI=1S/C31H32BrN3O10/c1-11-14-9-10-15(34-30(43)21(32)12-5-7-13(45-4)8-6-12)23(36)17(14)24(37)18-16(11)25(38)20-22(35(2)3)26(39)19(29(33)42)28(41)31(20,44)27(18)40/h5-11,16,20-22,25,36-38,41,44H,1-4H3,(H2,33,42)(H,34,43)/t11?,16?,20?,21?,22-,25?,31-/m0/s1. The van der Waals surface area contributed by atoms with Crippen molar-refractivity contribution < 1.29 is 49.4 Å². The molecule has 1 saturated carbocycles. The van der Waals surface area contributed by atoms with Crippen LogP contribution in [0.1, 0.15) is 34.4 Å². The molecular weight excluding hydrogens is 654 g/mol. The Bertz CT molecular complexity index is 1700. The van der Waals surface area contributed by atoms with Crippen molar-refractivity contribution in [3.63, 3.8) is 0 Å². The highest BCUT2D eigenvalue weighted by Gasteiger charge is 2.68. The van der Waals surface area contributed by atoms with E-state index in [2.05, 4.69) is 21.2 Å². The number of likely N-dealkylation sites (N-methyl/N-ethyl adjacent to an activating group) is 1. The van der Waals surface area contributed by atoms with Crippen LogP contribution in [0.25, 0.3) is 5.76 Å². The molecule has 0 bridgehead atoms. The zero-order chi connectivity index (χ0) is 33.3. The number of hydrogen-bond acceptors (Lipinski definition) is 11. The minimum atomic E-state index is -3.02. The number of amides is 2. The van der Waals surface area contributed by atoms with Gasteiger partial charge in [-0.2, -0.15) is 0 Å². The number of rotatable bonds is 6. The highest BCUT2D eigenvalue weighted by Crippen LogP contribution is 2.56. The number of aliphatic hydroxyl groups is 4. The number of hydrogen-bond donors (Lipinski definition) is 7. The van der Waals surface area contributed by atoms with Gasteiger partial charge in [0.15, 0.2) is 11.4 Å². The average Bonchev–Trinajstić information content (AvgIpc) is 2.99. The second-order valence-corrected chi connectivity index (χ2v) is 12.5. The fourth-order valence-corrected chi connectivity index (χ4v) is 7.26. The van der Waals surface area contributed by atoms with Crippen LogP contribution < -0.4 is 15.8 Å². The van der Waals surface area contributed by atoms with Crippen LogP contribution >= 0.6 is 15.9 Å². The molecule has 14 heteroatoms. The highest BCUT2D eigenvalue weighted by atomic mass is 79.9. The van der Waals surface area contributed by atoms with E-state index in [1.807, 2.05) is 0 Å². The zero-order valence-electron chi connectivity index (χ0n) is 24.6. The summed E-state index contributed by atoms with van der Waals surface area (Å²) in [5.74, 6) is -9.98. The second kappa shape index (κ2) is 11.3. The summed E-state index contributed by atoms with van der Waals surface area (Å²) < 4.78 is 5.14. The lowest BCUT2D eigenvalue weighted by Gasteiger charge is -2.53. The van der Waals surface area contributed by atoms with Crippen LogP contribution in [0.3, 0.4) is 0 Å². The van der Waals surface area contributed by atoms with Gasteiger partial charge in [-0.3, -0.25) is 24.1 Å². The molecule has 13 nitrogen and oxygen atoms in total. The number of ketones is 2. The monoisotopic (exact) mass is 685 g/mol. The SMILES string of the molecule is COc1ccc(C(Br)C(=O)Nc2ccc3c(c2O)C(O)=C2C(=O)[C@]4(O)C(O)=C(C(N)=O)C(=O)[C@@H](N(C)C)C4C(O)C2C3C)cc1. The molecule has 0 aromatic heterocycles. The highest BCUT2D eigenvalue weighted by molar-refractivity contribution is 9.09. The van der Waals surface area contributed by atoms with E-state index in [0.29, 0.717) is 16.9 Å². The van der Waals surface area contributed by atoms with Gasteiger partial charge in [0.05, 0.1) is 36.4 Å². The number of carbonyl (C=O) groups excluding carboxylic acids is 4. The first-order valence-corrected chi connectivity index (χ1v) is 14.8. The number of primary amides is 1. The fraction of sp³-hybridized carbons (Fsp3) is 0.355. The molecule has 3 aliphatic rings. The summed E-state index contributed by atoms with van der Waals surface area (Å²) in [6.07, 6.45) is -1.71. The smallest absolute Gasteiger partial charge is 0.255 e. The molecule has 2 aromatic carbocycles. The average molecular weight is 687 g/mol. The summed E-state index contributed by atoms with van der Waals surface area (Å²) >= 11 is 3.33. The van der Waals surface area contributed by atoms with Crippen molar-refractivity contribution in [3.05, 3.63) is 70.0 Å². The van der Waals surface area contributed by atoms with E-state index >= 15 is 0 Å². The van der Waals surface area contributed by atoms with Crippen molar-refractivity contribution >= 4 is 50.8 Å². The molecule has 0 heterocycles. The van der Waals surface area contributed by atoms with Gasteiger partial charge in [0.2, 0.25) is 11.7 Å². The van der Waals surface area contributed by atoms with Gasteiger partial charge in [-0.05, 0) is 49.3 Å². The Morgan fingerprint density at radius 2 is 1.71 bits per heavy atom. The number of aliphatic hydroxyl groups excluding tert-OH is 3. The van der Waals surface area contributed by atoms with E-state index in [-0.39, 0.29) is 11.3 Å². The molecule has 238 valence electrons. The van der Waals surface area contributed by atoms with E-state index in [9.17, 15) is 44.7 Å². The van der Waals surface area contributed by atoms with E-state index in [1.165, 1.54) is 38.2 Å². The number of nitrogens with one attached hydrogen (secondary N) is 1. The van der Waals surface area contributed by atoms with Crippen molar-refractivity contribution in [2.45, 2.75) is 35.4 Å². The maximum absolute atomic E-state index is 14.1. The molecule has 0 radical (unpaired) electrons. The number of methoxy groups -OCH3 is 1. The van der Waals surface area contributed by atoms with E-state index < -0.39 is 92.1 Å². The maximum Gasteiger partial charge on any atom is 0.255 e. The van der Waals surface area contributed by atoms with Crippen LogP contribution in [-0.4, -0.2) is 92.8 Å². The van der Waals surface area contributed by atoms with E-state index in [0.717, 1.165) is 0 Å². The lowest BCUT2D eigenvalue weighted by molar-refractivity contribution is -0.169. The minimum Gasteiger partial charge on any atom is -0.508 e. The maximum atomic E-state index is 14.1. The van der Waals surface area contributed by atoms with Crippen molar-refractivity contribution in [2.24, 2.45) is 17.6 Å². The summed E-state index contributed by atoms with van der Waals surface area (Å²) in [5, 5.41) is 59.9. The van der Waals surface area contributed by atoms with E-state index in [1.54, 1.807) is 31.2 Å². The Balaban J connectivity index is 1.61. The molecule has 0 saturated heterocycles. The van der Waals surface area contributed by atoms with Crippen LogP contribution in [0.5, 0.6) is 11.5 Å². The molecule has 5 rings (SSSR count). The van der Waals surface area contributed by atoms with Crippen LogP contribution in [-0.2, 0) is 19.2 Å². The number of anilines is 1. The third-order valence-corrected chi connectivity index (χ3v) is 9.97. The molecule has 1 fully saturated rings. The third-order valence-electron chi connectivity index (χ3n) is 9.03. The Morgan fingerprint density at radius 3 is 2.27 bits per heavy atom. The van der Waals surface area contributed by atoms with Crippen LogP contribution in [0.2, 0.25) is 0 Å². The summed E-state index contributed by atoms with van der Waals surface area (Å²) in [6.45, 7) is 1.62. The molecule has 5 unspecified atom stereocenters. The predicted octanol–water partition coefficient (Wildman–Crippen LogP) is 1.58. The largest absolute Gasteiger partial charge is 0.508 e. The summed E-state index contributed by atoms with van der Waals surface area (Å²) in [7, 11) is 4.38. The molecule has 8 N–H and O–H groups in total. The Kier molecular flexibility index (Phi) is 8.06. The van der Waals surface area contributed by atoms with Crippen molar-refractivity contribution in [2.75, 3.05) is 26.5 Å². The molecule has 45 heavy (non-hydrogen) atoms. The molecule has 0 aliphatic heterocycles. The summed E-state index contributed by atoms with van der Waals surface area (Å²) in [6, 6.07) is 8.16. The molecule has 2 amide bonds. The topological polar surface area (TPSA) is 220 Å². The van der Waals surface area contributed by atoms with Gasteiger partial charge in [-0.15, -0.1) is 0 Å². The van der Waals surface area contributed by atoms with Gasteiger partial charge < -0.3 is 41.3 Å². The lowest BCUT2D eigenvalue weighted by Crippen LogP contribution is -2.70. The van der Waals surface area contributed by atoms with Gasteiger partial charge in [-0.25, -0.2) is 0 Å². The number of phenolic OH excluding ortho intramolecular Hbond substituents is 1. The van der Waals surface area contributed by atoms with Crippen molar-refractivity contribution in [1.29, 1.82) is 0 Å². The minimum absolute atomic E-state index is 0.107.